The molecule has 0 saturated carbocycles. The Morgan fingerprint density at radius 3 is 2.28 bits per heavy atom. The van der Waals surface area contributed by atoms with Crippen LogP contribution in [-0.2, 0) is 16.0 Å². The monoisotopic (exact) mass is 520 g/mol. The highest BCUT2D eigenvalue weighted by Gasteiger charge is 2.26. The van der Waals surface area contributed by atoms with Crippen LogP contribution in [-0.4, -0.2) is 36.9 Å². The topological polar surface area (TPSA) is 120 Å². The Morgan fingerprint density at radius 1 is 0.846 bits per heavy atom. The number of fused-ring (bicyclic) bond motifs is 1. The van der Waals surface area contributed by atoms with Crippen LogP contribution in [0, 0.1) is 11.3 Å². The van der Waals surface area contributed by atoms with E-state index in [2.05, 4.69) is 22.0 Å². The van der Waals surface area contributed by atoms with E-state index in [0.29, 0.717) is 22.6 Å². The number of ether oxygens (including phenoxy) is 1. The number of carbonyl (C=O) groups excluding carboxylic acids is 3. The molecule has 3 amide bonds. The second kappa shape index (κ2) is 12.4. The van der Waals surface area contributed by atoms with Gasteiger partial charge in [-0.2, -0.15) is 5.26 Å². The molecule has 2 atom stereocenters. The van der Waals surface area contributed by atoms with Gasteiger partial charge in [0, 0.05) is 12.0 Å². The Balaban J connectivity index is 1.53. The summed E-state index contributed by atoms with van der Waals surface area (Å²) in [5, 5.41) is 19.1. The fourth-order valence-corrected chi connectivity index (χ4v) is 4.19. The van der Waals surface area contributed by atoms with E-state index in [4.69, 9.17) is 10.00 Å². The van der Waals surface area contributed by atoms with Crippen LogP contribution in [0.25, 0.3) is 10.8 Å². The molecular weight excluding hydrogens is 492 g/mol. The van der Waals surface area contributed by atoms with Gasteiger partial charge in [0.2, 0.25) is 11.8 Å². The fourth-order valence-electron chi connectivity index (χ4n) is 4.19. The summed E-state index contributed by atoms with van der Waals surface area (Å²) in [7, 11) is 1.50. The lowest BCUT2D eigenvalue weighted by Crippen LogP contribution is -2.52. The van der Waals surface area contributed by atoms with Crippen LogP contribution in [0.15, 0.2) is 91.0 Å². The predicted molar refractivity (Wildman–Crippen MR) is 149 cm³/mol. The summed E-state index contributed by atoms with van der Waals surface area (Å²) < 4.78 is 5.27. The summed E-state index contributed by atoms with van der Waals surface area (Å²) in [6.07, 6.45) is 0.162. The maximum Gasteiger partial charge on any atom is 0.252 e. The molecule has 0 bridgehead atoms. The molecule has 4 aromatic rings. The van der Waals surface area contributed by atoms with Crippen molar-refractivity contribution >= 4 is 34.2 Å². The second-order valence-corrected chi connectivity index (χ2v) is 8.99. The van der Waals surface area contributed by atoms with Crippen LogP contribution in [0.1, 0.15) is 28.4 Å². The minimum absolute atomic E-state index is 0.162. The highest BCUT2D eigenvalue weighted by molar-refractivity contribution is 6.08. The van der Waals surface area contributed by atoms with Crippen LogP contribution in [0.2, 0.25) is 0 Å². The molecule has 0 spiro atoms. The number of nitrogens with zero attached hydrogens (tertiary/aromatic N) is 1. The highest BCUT2D eigenvalue weighted by atomic mass is 16.5. The molecule has 8 heteroatoms. The molecule has 4 aromatic carbocycles. The van der Waals surface area contributed by atoms with Crippen LogP contribution in [0.5, 0.6) is 5.75 Å². The normalized spacial score (nSPS) is 12.0. The smallest absolute Gasteiger partial charge is 0.252 e. The molecule has 0 saturated heterocycles. The molecule has 0 aliphatic rings. The Kier molecular flexibility index (Phi) is 8.54. The number of carbonyl (C=O) groups is 3. The Labute approximate surface area is 226 Å². The Morgan fingerprint density at radius 2 is 1.54 bits per heavy atom. The van der Waals surface area contributed by atoms with E-state index in [9.17, 15) is 14.4 Å². The zero-order chi connectivity index (χ0) is 27.8. The summed E-state index contributed by atoms with van der Waals surface area (Å²) in [4.78, 5) is 39.6. The van der Waals surface area contributed by atoms with E-state index in [1.807, 2.05) is 30.3 Å². The lowest BCUT2D eigenvalue weighted by Gasteiger charge is -2.22. The van der Waals surface area contributed by atoms with Crippen LogP contribution in [0.3, 0.4) is 0 Å². The first-order valence-corrected chi connectivity index (χ1v) is 12.4. The van der Waals surface area contributed by atoms with E-state index in [1.165, 1.54) is 7.11 Å². The summed E-state index contributed by atoms with van der Waals surface area (Å²) in [5.41, 5.74) is 2.15. The Bertz CT molecular complexity index is 1540. The number of hydrogen-bond acceptors (Lipinski definition) is 5. The molecule has 4 rings (SSSR count). The molecule has 0 radical (unpaired) electrons. The molecule has 0 aliphatic carbocycles. The summed E-state index contributed by atoms with van der Waals surface area (Å²) >= 11 is 0. The maximum atomic E-state index is 13.4. The van der Waals surface area contributed by atoms with Gasteiger partial charge in [0.25, 0.3) is 5.91 Å². The molecule has 39 heavy (non-hydrogen) atoms. The molecule has 0 aliphatic heterocycles. The SMILES string of the molecule is COc1ccccc1NC(=O)[C@H](C)NC(=O)[C@H](Cc1ccc(C#N)cc1)NC(=O)c1cccc2ccccc12. The van der Waals surface area contributed by atoms with E-state index in [-0.39, 0.29) is 6.42 Å². The average Bonchev–Trinajstić information content (AvgIpc) is 2.97. The van der Waals surface area contributed by atoms with Gasteiger partial charge in [-0.25, -0.2) is 0 Å². The van der Waals surface area contributed by atoms with Crippen molar-refractivity contribution < 1.29 is 19.1 Å². The maximum absolute atomic E-state index is 13.4. The van der Waals surface area contributed by atoms with Crippen LogP contribution >= 0.6 is 0 Å². The van der Waals surface area contributed by atoms with E-state index in [1.54, 1.807) is 67.6 Å². The number of nitriles is 1. The first kappa shape index (κ1) is 26.9. The van der Waals surface area contributed by atoms with Gasteiger partial charge >= 0.3 is 0 Å². The average molecular weight is 521 g/mol. The third-order valence-electron chi connectivity index (χ3n) is 6.30. The van der Waals surface area contributed by atoms with Crippen molar-refractivity contribution in [3.8, 4) is 11.8 Å². The van der Waals surface area contributed by atoms with E-state index in [0.717, 1.165) is 16.3 Å². The van der Waals surface area contributed by atoms with Gasteiger partial charge in [0.1, 0.15) is 17.8 Å². The number of benzene rings is 4. The van der Waals surface area contributed by atoms with Gasteiger partial charge in [0.05, 0.1) is 24.4 Å². The predicted octanol–water partition coefficient (Wildman–Crippen LogP) is 4.20. The van der Waals surface area contributed by atoms with Gasteiger partial charge < -0.3 is 20.7 Å². The number of rotatable bonds is 9. The largest absolute Gasteiger partial charge is 0.495 e. The molecule has 3 N–H and O–H groups in total. The Hall–Kier alpha value is -5.16. The van der Waals surface area contributed by atoms with Crippen LogP contribution in [0.4, 0.5) is 5.69 Å². The summed E-state index contributed by atoms with van der Waals surface area (Å²) in [6.45, 7) is 1.56. The van der Waals surface area contributed by atoms with Crippen molar-refractivity contribution in [2.75, 3.05) is 12.4 Å². The molecule has 0 unspecified atom stereocenters. The van der Waals surface area contributed by atoms with Crippen molar-refractivity contribution in [3.63, 3.8) is 0 Å². The third-order valence-corrected chi connectivity index (χ3v) is 6.30. The summed E-state index contributed by atoms with van der Waals surface area (Å²) in [5.74, 6) is -0.877. The number of para-hydroxylation sites is 2. The van der Waals surface area contributed by atoms with Crippen LogP contribution < -0.4 is 20.7 Å². The number of amides is 3. The van der Waals surface area contributed by atoms with Gasteiger partial charge in [-0.05, 0) is 53.6 Å². The van der Waals surface area contributed by atoms with Gasteiger partial charge in [-0.1, -0.05) is 60.7 Å². The standard InChI is InChI=1S/C31H28N4O4/c1-20(29(36)34-26-12-5-6-13-28(26)39-2)33-31(38)27(18-21-14-16-22(19-32)17-15-21)35-30(37)25-11-7-9-23-8-3-4-10-24(23)25/h3-17,20,27H,18H2,1-2H3,(H,33,38)(H,34,36)(H,35,37)/t20-,27-/m0/s1. The van der Waals surface area contributed by atoms with E-state index >= 15 is 0 Å². The minimum Gasteiger partial charge on any atom is -0.495 e. The molecule has 0 fully saturated rings. The lowest BCUT2D eigenvalue weighted by molar-refractivity contribution is -0.127. The fraction of sp³-hybridized carbons (Fsp3) is 0.161. The van der Waals surface area contributed by atoms with Gasteiger partial charge in [-0.3, -0.25) is 14.4 Å². The molecular formula is C31H28N4O4. The van der Waals surface area contributed by atoms with Gasteiger partial charge in [0.15, 0.2) is 0 Å². The van der Waals surface area contributed by atoms with Gasteiger partial charge in [-0.15, -0.1) is 0 Å². The summed E-state index contributed by atoms with van der Waals surface area (Å²) in [6, 6.07) is 26.8. The molecule has 8 nitrogen and oxygen atoms in total. The number of methoxy groups -OCH3 is 1. The number of nitrogens with one attached hydrogen (secondary N) is 3. The van der Waals surface area contributed by atoms with Crippen molar-refractivity contribution in [1.29, 1.82) is 5.26 Å². The molecule has 0 heterocycles. The molecule has 0 aromatic heterocycles. The minimum atomic E-state index is -0.981. The zero-order valence-electron chi connectivity index (χ0n) is 21.6. The van der Waals surface area contributed by atoms with Crippen molar-refractivity contribution in [3.05, 3.63) is 108 Å². The number of hydrogen-bond donors (Lipinski definition) is 3. The quantitative estimate of drug-likeness (QED) is 0.305. The second-order valence-electron chi connectivity index (χ2n) is 8.99. The van der Waals surface area contributed by atoms with Crippen molar-refractivity contribution in [2.45, 2.75) is 25.4 Å². The third kappa shape index (κ3) is 6.59. The van der Waals surface area contributed by atoms with Crippen molar-refractivity contribution in [1.82, 2.24) is 10.6 Å². The van der Waals surface area contributed by atoms with Crippen molar-refractivity contribution in [2.24, 2.45) is 0 Å². The lowest BCUT2D eigenvalue weighted by atomic mass is 10.0. The highest BCUT2D eigenvalue weighted by Crippen LogP contribution is 2.23. The first-order chi connectivity index (χ1) is 18.9. The van der Waals surface area contributed by atoms with E-state index < -0.39 is 29.8 Å². The zero-order valence-corrected chi connectivity index (χ0v) is 21.6. The molecule has 196 valence electrons. The first-order valence-electron chi connectivity index (χ1n) is 12.4. The number of anilines is 1.